The number of carbonyl (C=O) groups excluding carboxylic acids is 1. The van der Waals surface area contributed by atoms with Gasteiger partial charge in [-0.3, -0.25) is 4.79 Å². The van der Waals surface area contributed by atoms with E-state index in [1.165, 1.54) is 6.33 Å². The van der Waals surface area contributed by atoms with Gasteiger partial charge < -0.3 is 0 Å². The maximum Gasteiger partial charge on any atom is 0.191 e. The average Bonchev–Trinajstić information content (AvgIpc) is 2.36. The molecule has 0 radical (unpaired) electrons. The fourth-order valence-electron chi connectivity index (χ4n) is 0.748. The third-order valence-corrected chi connectivity index (χ3v) is 1.19. The fourth-order valence-corrected chi connectivity index (χ4v) is 0.748. The maximum atomic E-state index is 10.2. The molecule has 0 atom stereocenters. The van der Waals surface area contributed by atoms with Crippen molar-refractivity contribution in [2.75, 3.05) is 0 Å². The second-order valence-electron chi connectivity index (χ2n) is 1.96. The smallest absolute Gasteiger partial charge is 0.191 e. The number of rotatable bonds is 3. The third-order valence-electron chi connectivity index (χ3n) is 1.19. The molecule has 0 saturated carbocycles. The summed E-state index contributed by atoms with van der Waals surface area (Å²) in [6, 6.07) is 0. The van der Waals surface area contributed by atoms with Crippen molar-refractivity contribution in [3.63, 3.8) is 0 Å². The topological polar surface area (TPSA) is 47.8 Å². The van der Waals surface area contributed by atoms with Crippen molar-refractivity contribution >= 4 is 6.29 Å². The van der Waals surface area contributed by atoms with Gasteiger partial charge in [-0.25, -0.2) is 9.67 Å². The number of aldehydes is 1. The summed E-state index contributed by atoms with van der Waals surface area (Å²) < 4.78 is 1.59. The summed E-state index contributed by atoms with van der Waals surface area (Å²) in [6.07, 6.45) is 3.06. The first-order chi connectivity index (χ1) is 4.88. The molecular weight excluding hydrogens is 130 g/mol. The number of hydrogen-bond acceptors (Lipinski definition) is 3. The minimum absolute atomic E-state index is 0.404. The predicted molar refractivity (Wildman–Crippen MR) is 35.7 cm³/mol. The minimum Gasteiger partial charge on any atom is -0.294 e. The van der Waals surface area contributed by atoms with Crippen LogP contribution in [0.15, 0.2) is 6.33 Å². The molecule has 1 heterocycles. The normalized spacial score (nSPS) is 9.70. The first kappa shape index (κ1) is 6.92. The van der Waals surface area contributed by atoms with E-state index in [0.29, 0.717) is 12.1 Å². The molecule has 4 nitrogen and oxygen atoms in total. The summed E-state index contributed by atoms with van der Waals surface area (Å²) in [4.78, 5) is 14.0. The van der Waals surface area contributed by atoms with E-state index >= 15 is 0 Å². The molecule has 0 aliphatic heterocycles. The Morgan fingerprint density at radius 2 is 2.60 bits per heavy atom. The zero-order valence-corrected chi connectivity index (χ0v) is 5.82. The Bertz CT molecular complexity index is 219. The molecule has 0 N–H and O–H groups in total. The van der Waals surface area contributed by atoms with E-state index in [-0.39, 0.29) is 0 Å². The van der Waals surface area contributed by atoms with Gasteiger partial charge in [0.15, 0.2) is 12.1 Å². The minimum atomic E-state index is 0.404. The Kier molecular flexibility index (Phi) is 2.15. The number of carbonyl (C=O) groups is 1. The van der Waals surface area contributed by atoms with Gasteiger partial charge in [0.25, 0.3) is 0 Å². The Balaban J connectivity index is 2.79. The molecule has 0 amide bonds. The molecule has 54 valence electrons. The molecule has 0 bridgehead atoms. The molecule has 1 rings (SSSR count). The van der Waals surface area contributed by atoms with Crippen molar-refractivity contribution in [3.05, 3.63) is 12.2 Å². The van der Waals surface area contributed by atoms with Crippen LogP contribution in [-0.2, 0) is 6.54 Å². The van der Waals surface area contributed by atoms with Crippen LogP contribution in [0.1, 0.15) is 24.0 Å². The fraction of sp³-hybridized carbons (Fsp3) is 0.500. The van der Waals surface area contributed by atoms with Crippen LogP contribution in [0.4, 0.5) is 0 Å². The summed E-state index contributed by atoms with van der Waals surface area (Å²) in [5, 5.41) is 3.85. The van der Waals surface area contributed by atoms with Crippen LogP contribution in [0.25, 0.3) is 0 Å². The highest BCUT2D eigenvalue weighted by atomic mass is 16.1. The standard InChI is InChI=1S/C6H9N3O/c1-2-3-9-6(4-10)7-5-8-9/h4-5H,2-3H2,1H3. The summed E-state index contributed by atoms with van der Waals surface area (Å²) in [7, 11) is 0. The van der Waals surface area contributed by atoms with Crippen molar-refractivity contribution in [3.8, 4) is 0 Å². The molecule has 0 spiro atoms. The predicted octanol–water partition coefficient (Wildman–Crippen LogP) is 0.501. The molecule has 0 aliphatic rings. The van der Waals surface area contributed by atoms with Crippen molar-refractivity contribution in [1.29, 1.82) is 0 Å². The van der Waals surface area contributed by atoms with Gasteiger partial charge in [-0.2, -0.15) is 5.10 Å². The van der Waals surface area contributed by atoms with Gasteiger partial charge in [0.1, 0.15) is 6.33 Å². The van der Waals surface area contributed by atoms with E-state index in [1.54, 1.807) is 4.68 Å². The number of aromatic nitrogens is 3. The molecule has 0 aromatic carbocycles. The van der Waals surface area contributed by atoms with Crippen LogP contribution in [0.5, 0.6) is 0 Å². The van der Waals surface area contributed by atoms with Gasteiger partial charge in [0.05, 0.1) is 0 Å². The van der Waals surface area contributed by atoms with Gasteiger partial charge in [0, 0.05) is 6.54 Å². The highest BCUT2D eigenvalue weighted by Gasteiger charge is 1.98. The van der Waals surface area contributed by atoms with Crippen molar-refractivity contribution < 1.29 is 4.79 Å². The van der Waals surface area contributed by atoms with Gasteiger partial charge in [-0.1, -0.05) is 6.92 Å². The lowest BCUT2D eigenvalue weighted by Gasteiger charge is -1.95. The molecule has 0 fully saturated rings. The number of aryl methyl sites for hydroxylation is 1. The van der Waals surface area contributed by atoms with Crippen molar-refractivity contribution in [2.24, 2.45) is 0 Å². The van der Waals surface area contributed by atoms with E-state index in [9.17, 15) is 4.79 Å². The Labute approximate surface area is 58.9 Å². The second-order valence-corrected chi connectivity index (χ2v) is 1.96. The quantitative estimate of drug-likeness (QED) is 0.573. The molecule has 1 aromatic rings. The molecule has 10 heavy (non-hydrogen) atoms. The summed E-state index contributed by atoms with van der Waals surface area (Å²) in [5.41, 5.74) is 0. The van der Waals surface area contributed by atoms with Crippen LogP contribution in [-0.4, -0.2) is 21.1 Å². The Morgan fingerprint density at radius 3 is 3.20 bits per heavy atom. The van der Waals surface area contributed by atoms with Crippen LogP contribution >= 0.6 is 0 Å². The van der Waals surface area contributed by atoms with Crippen LogP contribution < -0.4 is 0 Å². The summed E-state index contributed by atoms with van der Waals surface area (Å²) >= 11 is 0. The Hall–Kier alpha value is -1.19. The van der Waals surface area contributed by atoms with Gasteiger partial charge in [-0.15, -0.1) is 0 Å². The lowest BCUT2D eigenvalue weighted by molar-refractivity contribution is 0.111. The molecule has 0 unspecified atom stereocenters. The molecule has 4 heteroatoms. The summed E-state index contributed by atoms with van der Waals surface area (Å²) in [6.45, 7) is 2.78. The zero-order chi connectivity index (χ0) is 7.40. The molecule has 0 saturated heterocycles. The lowest BCUT2D eigenvalue weighted by atomic mass is 10.5. The number of hydrogen-bond donors (Lipinski definition) is 0. The van der Waals surface area contributed by atoms with E-state index in [0.717, 1.165) is 13.0 Å². The molecule has 0 aliphatic carbocycles. The summed E-state index contributed by atoms with van der Waals surface area (Å²) in [5.74, 6) is 0.404. The van der Waals surface area contributed by atoms with Crippen molar-refractivity contribution in [1.82, 2.24) is 14.8 Å². The highest BCUT2D eigenvalue weighted by Crippen LogP contribution is 1.90. The van der Waals surface area contributed by atoms with E-state index < -0.39 is 0 Å². The number of nitrogens with zero attached hydrogens (tertiary/aromatic N) is 3. The van der Waals surface area contributed by atoms with Gasteiger partial charge >= 0.3 is 0 Å². The first-order valence-corrected chi connectivity index (χ1v) is 3.21. The highest BCUT2D eigenvalue weighted by molar-refractivity contribution is 5.68. The Morgan fingerprint density at radius 1 is 1.80 bits per heavy atom. The monoisotopic (exact) mass is 139 g/mol. The van der Waals surface area contributed by atoms with E-state index in [4.69, 9.17) is 0 Å². The van der Waals surface area contributed by atoms with Crippen molar-refractivity contribution in [2.45, 2.75) is 19.9 Å². The first-order valence-electron chi connectivity index (χ1n) is 3.21. The second kappa shape index (κ2) is 3.10. The largest absolute Gasteiger partial charge is 0.294 e. The molecular formula is C6H9N3O. The van der Waals surface area contributed by atoms with Gasteiger partial charge in [0.2, 0.25) is 0 Å². The van der Waals surface area contributed by atoms with Crippen LogP contribution in [0.3, 0.4) is 0 Å². The van der Waals surface area contributed by atoms with E-state index in [1.807, 2.05) is 6.92 Å². The SMILES string of the molecule is CCCn1ncnc1C=O. The third kappa shape index (κ3) is 1.21. The zero-order valence-electron chi connectivity index (χ0n) is 5.82. The van der Waals surface area contributed by atoms with Gasteiger partial charge in [-0.05, 0) is 6.42 Å². The maximum absolute atomic E-state index is 10.2. The van der Waals surface area contributed by atoms with Crippen LogP contribution in [0.2, 0.25) is 0 Å². The lowest BCUT2D eigenvalue weighted by Crippen LogP contribution is -2.03. The molecule has 1 aromatic heterocycles. The average molecular weight is 139 g/mol. The van der Waals surface area contributed by atoms with Crippen LogP contribution in [0, 0.1) is 0 Å². The van der Waals surface area contributed by atoms with E-state index in [2.05, 4.69) is 10.1 Å².